The van der Waals surface area contributed by atoms with Gasteiger partial charge in [0.1, 0.15) is 0 Å². The van der Waals surface area contributed by atoms with E-state index in [1.54, 1.807) is 0 Å². The van der Waals surface area contributed by atoms with Crippen molar-refractivity contribution in [2.24, 2.45) is 5.41 Å². The molecule has 4 heteroatoms. The van der Waals surface area contributed by atoms with Crippen molar-refractivity contribution < 1.29 is 4.79 Å². The van der Waals surface area contributed by atoms with Crippen molar-refractivity contribution in [1.29, 1.82) is 0 Å². The Morgan fingerprint density at radius 2 is 2.29 bits per heavy atom. The first-order valence-electron chi connectivity index (χ1n) is 7.85. The lowest BCUT2D eigenvalue weighted by Crippen LogP contribution is -2.48. The van der Waals surface area contributed by atoms with Gasteiger partial charge in [-0.15, -0.1) is 0 Å². The standard InChI is InChI=1S/C17H23ClN2O/c1-3-17(9-13-7-8-15(17)20-13)16(21)19-10-12-5-4-6-14(18)11(12)2/h4-6,13,15,20H,3,7-10H2,1-2H3,(H,19,21)/t13-,15+,17+/m0/s1. The molecule has 2 heterocycles. The summed E-state index contributed by atoms with van der Waals surface area (Å²) in [4.78, 5) is 12.8. The molecule has 0 spiro atoms. The van der Waals surface area contributed by atoms with E-state index < -0.39 is 0 Å². The third-order valence-electron chi connectivity index (χ3n) is 5.42. The summed E-state index contributed by atoms with van der Waals surface area (Å²) in [6.07, 6.45) is 4.23. The van der Waals surface area contributed by atoms with Crippen LogP contribution in [0, 0.1) is 12.3 Å². The molecule has 114 valence electrons. The largest absolute Gasteiger partial charge is 0.351 e. The van der Waals surface area contributed by atoms with Crippen molar-refractivity contribution in [1.82, 2.24) is 10.6 Å². The molecule has 0 aromatic heterocycles. The highest BCUT2D eigenvalue weighted by atomic mass is 35.5. The van der Waals surface area contributed by atoms with Crippen molar-refractivity contribution in [3.63, 3.8) is 0 Å². The molecule has 2 N–H and O–H groups in total. The molecule has 1 amide bonds. The van der Waals surface area contributed by atoms with Crippen molar-refractivity contribution in [2.75, 3.05) is 0 Å². The van der Waals surface area contributed by atoms with Gasteiger partial charge >= 0.3 is 0 Å². The number of rotatable bonds is 4. The second-order valence-corrected chi connectivity index (χ2v) is 6.82. The summed E-state index contributed by atoms with van der Waals surface area (Å²) in [5.41, 5.74) is 1.93. The first kappa shape index (κ1) is 14.9. The van der Waals surface area contributed by atoms with E-state index in [4.69, 9.17) is 11.6 Å². The molecule has 1 aromatic carbocycles. The zero-order chi connectivity index (χ0) is 15.0. The fraction of sp³-hybridized carbons (Fsp3) is 0.588. The summed E-state index contributed by atoms with van der Waals surface area (Å²) >= 11 is 6.14. The molecular weight excluding hydrogens is 284 g/mol. The van der Waals surface area contributed by atoms with Crippen molar-refractivity contribution >= 4 is 17.5 Å². The van der Waals surface area contributed by atoms with Crippen molar-refractivity contribution in [3.8, 4) is 0 Å². The van der Waals surface area contributed by atoms with Gasteiger partial charge in [0, 0.05) is 23.7 Å². The average molecular weight is 307 g/mol. The highest BCUT2D eigenvalue weighted by Crippen LogP contribution is 2.45. The Hall–Kier alpha value is -1.06. The van der Waals surface area contributed by atoms with Gasteiger partial charge in [-0.1, -0.05) is 30.7 Å². The number of fused-ring (bicyclic) bond motifs is 2. The number of benzene rings is 1. The predicted octanol–water partition coefficient (Wildman–Crippen LogP) is 3.19. The Morgan fingerprint density at radius 1 is 1.48 bits per heavy atom. The van der Waals surface area contributed by atoms with Gasteiger partial charge in [-0.25, -0.2) is 0 Å². The van der Waals surface area contributed by atoms with E-state index >= 15 is 0 Å². The molecule has 2 bridgehead atoms. The fourth-order valence-corrected chi connectivity index (χ4v) is 4.19. The molecule has 2 aliphatic rings. The fourth-order valence-electron chi connectivity index (χ4n) is 4.00. The van der Waals surface area contributed by atoms with Gasteiger partial charge in [0.15, 0.2) is 0 Å². The zero-order valence-corrected chi connectivity index (χ0v) is 13.5. The number of carbonyl (C=O) groups excluding carboxylic acids is 1. The minimum absolute atomic E-state index is 0.198. The molecule has 2 saturated heterocycles. The Bertz CT molecular complexity index is 560. The van der Waals surface area contributed by atoms with Gasteiger partial charge in [0.2, 0.25) is 5.91 Å². The quantitative estimate of drug-likeness (QED) is 0.897. The molecular formula is C17H23ClN2O. The maximum absolute atomic E-state index is 12.8. The maximum atomic E-state index is 12.8. The van der Waals surface area contributed by atoms with Crippen LogP contribution in [0.25, 0.3) is 0 Å². The van der Waals surface area contributed by atoms with Crippen molar-refractivity contribution in [2.45, 2.75) is 58.2 Å². The van der Waals surface area contributed by atoms with Crippen LogP contribution in [0.4, 0.5) is 0 Å². The van der Waals surface area contributed by atoms with Gasteiger partial charge in [0.05, 0.1) is 5.41 Å². The maximum Gasteiger partial charge on any atom is 0.228 e. The van der Waals surface area contributed by atoms with Crippen LogP contribution in [-0.4, -0.2) is 18.0 Å². The molecule has 3 nitrogen and oxygen atoms in total. The first-order chi connectivity index (χ1) is 10.1. The molecule has 2 aliphatic heterocycles. The van der Waals surface area contributed by atoms with E-state index in [-0.39, 0.29) is 11.3 Å². The van der Waals surface area contributed by atoms with E-state index in [0.29, 0.717) is 18.6 Å². The summed E-state index contributed by atoms with van der Waals surface area (Å²) in [6, 6.07) is 6.74. The van der Waals surface area contributed by atoms with Crippen LogP contribution < -0.4 is 10.6 Å². The van der Waals surface area contributed by atoms with E-state index in [1.165, 1.54) is 6.42 Å². The molecule has 0 saturated carbocycles. The highest BCUT2D eigenvalue weighted by Gasteiger charge is 2.54. The average Bonchev–Trinajstić information content (AvgIpc) is 3.09. The van der Waals surface area contributed by atoms with Gasteiger partial charge in [-0.2, -0.15) is 0 Å². The lowest BCUT2D eigenvalue weighted by atomic mass is 9.71. The predicted molar refractivity (Wildman–Crippen MR) is 85.3 cm³/mol. The number of nitrogens with one attached hydrogen (secondary N) is 2. The van der Waals surface area contributed by atoms with Crippen molar-refractivity contribution in [3.05, 3.63) is 34.3 Å². The van der Waals surface area contributed by atoms with Crippen LogP contribution in [-0.2, 0) is 11.3 Å². The molecule has 2 fully saturated rings. The second-order valence-electron chi connectivity index (χ2n) is 6.41. The van der Waals surface area contributed by atoms with Crippen LogP contribution in [0.5, 0.6) is 0 Å². The normalized spacial score (nSPS) is 30.6. The van der Waals surface area contributed by atoms with E-state index in [9.17, 15) is 4.79 Å². The monoisotopic (exact) mass is 306 g/mol. The number of halogens is 1. The Balaban J connectivity index is 1.70. The second kappa shape index (κ2) is 5.62. The van der Waals surface area contributed by atoms with Gasteiger partial charge in [0.25, 0.3) is 0 Å². The molecule has 3 atom stereocenters. The van der Waals surface area contributed by atoms with Gasteiger partial charge in [-0.3, -0.25) is 4.79 Å². The topological polar surface area (TPSA) is 41.1 Å². The van der Waals surface area contributed by atoms with Crippen LogP contribution in [0.3, 0.4) is 0 Å². The van der Waals surface area contributed by atoms with E-state index in [0.717, 1.165) is 35.4 Å². The number of amides is 1. The third kappa shape index (κ3) is 2.47. The summed E-state index contributed by atoms with van der Waals surface area (Å²) in [5, 5.41) is 7.49. The SMILES string of the molecule is CC[C@@]1(C(=O)NCc2cccc(Cl)c2C)C[C@@H]2CC[C@H]1N2. The first-order valence-corrected chi connectivity index (χ1v) is 8.23. The summed E-state index contributed by atoms with van der Waals surface area (Å²) < 4.78 is 0. The minimum atomic E-state index is -0.213. The summed E-state index contributed by atoms with van der Waals surface area (Å²) in [6.45, 7) is 4.69. The van der Waals surface area contributed by atoms with Crippen LogP contribution >= 0.6 is 11.6 Å². The molecule has 0 unspecified atom stereocenters. The molecule has 3 rings (SSSR count). The van der Waals surface area contributed by atoms with E-state index in [2.05, 4.69) is 17.6 Å². The Labute approximate surface area is 131 Å². The Kier molecular flexibility index (Phi) is 3.98. The molecule has 0 aliphatic carbocycles. The molecule has 0 radical (unpaired) electrons. The highest BCUT2D eigenvalue weighted by molar-refractivity contribution is 6.31. The van der Waals surface area contributed by atoms with Crippen LogP contribution in [0.15, 0.2) is 18.2 Å². The number of carbonyl (C=O) groups is 1. The van der Waals surface area contributed by atoms with Gasteiger partial charge in [-0.05, 0) is 49.8 Å². The summed E-state index contributed by atoms with van der Waals surface area (Å²) in [5.74, 6) is 0.198. The smallest absolute Gasteiger partial charge is 0.228 e. The lowest BCUT2D eigenvalue weighted by Gasteiger charge is -2.34. The van der Waals surface area contributed by atoms with Crippen LogP contribution in [0.1, 0.15) is 43.7 Å². The molecule has 1 aromatic rings. The third-order valence-corrected chi connectivity index (χ3v) is 5.83. The molecule has 21 heavy (non-hydrogen) atoms. The Morgan fingerprint density at radius 3 is 2.90 bits per heavy atom. The lowest BCUT2D eigenvalue weighted by molar-refractivity contribution is -0.132. The van der Waals surface area contributed by atoms with Gasteiger partial charge < -0.3 is 10.6 Å². The van der Waals surface area contributed by atoms with Crippen LogP contribution in [0.2, 0.25) is 5.02 Å². The minimum Gasteiger partial charge on any atom is -0.351 e. The zero-order valence-electron chi connectivity index (χ0n) is 12.7. The summed E-state index contributed by atoms with van der Waals surface area (Å²) in [7, 11) is 0. The number of hydrogen-bond acceptors (Lipinski definition) is 2. The number of hydrogen-bond donors (Lipinski definition) is 2. The van der Waals surface area contributed by atoms with E-state index in [1.807, 2.05) is 25.1 Å².